The maximum Gasteiger partial charge on any atom is 0.417 e. The van der Waals surface area contributed by atoms with E-state index < -0.39 is 11.7 Å². The molecule has 1 aromatic heterocycles. The number of piperidine rings is 1. The first kappa shape index (κ1) is 33.3. The van der Waals surface area contributed by atoms with E-state index >= 15 is 0 Å². The van der Waals surface area contributed by atoms with Gasteiger partial charge in [-0.3, -0.25) is 9.97 Å². The maximum absolute atomic E-state index is 13.5. The summed E-state index contributed by atoms with van der Waals surface area (Å²) in [6.07, 6.45) is 10.1. The molecular formula is C34H41F3N4. The third kappa shape index (κ3) is 9.61. The van der Waals surface area contributed by atoms with Gasteiger partial charge >= 0.3 is 6.18 Å². The van der Waals surface area contributed by atoms with E-state index in [1.54, 1.807) is 30.7 Å². The second kappa shape index (κ2) is 15.8. The molecule has 1 unspecified atom stereocenters. The highest BCUT2D eigenvalue weighted by molar-refractivity contribution is 5.57. The molecule has 2 aromatic carbocycles. The number of hydrogen-bond donors (Lipinski definition) is 1. The summed E-state index contributed by atoms with van der Waals surface area (Å²) >= 11 is 0. The van der Waals surface area contributed by atoms with Crippen LogP contribution in [0.2, 0.25) is 0 Å². The molecule has 1 atom stereocenters. The number of nitrogens with one attached hydrogen (secondary N) is 1. The van der Waals surface area contributed by atoms with Gasteiger partial charge < -0.3 is 10.2 Å². The molecule has 1 aliphatic rings. The lowest BCUT2D eigenvalue weighted by atomic mass is 9.67. The molecular weight excluding hydrogens is 521 g/mol. The topological polar surface area (TPSA) is 41.0 Å². The standard InChI is InChI=1S/C26H29F3N2.C6H6N2.C2H6/c1-5-21-11-12-23(17-24(21)26(27,28)29)30-19(2)25(3,18-20-9-7-6-8-10-20)22-13-15-31(4)16-14-22;1-2-6-5-7-3-4-8-6;1-2/h1,6-12,17,22,30H,2,13-16,18H2,3-4H3;2-5H,1H2;1-2H3. The van der Waals surface area contributed by atoms with Crippen molar-refractivity contribution in [3.8, 4) is 12.3 Å². The van der Waals surface area contributed by atoms with Gasteiger partial charge in [-0.25, -0.2) is 0 Å². The van der Waals surface area contributed by atoms with Gasteiger partial charge in [0.1, 0.15) is 0 Å². The zero-order valence-corrected chi connectivity index (χ0v) is 24.5. The van der Waals surface area contributed by atoms with Crippen molar-refractivity contribution in [2.45, 2.75) is 46.2 Å². The zero-order valence-electron chi connectivity index (χ0n) is 24.5. The lowest BCUT2D eigenvalue weighted by Crippen LogP contribution is -2.41. The van der Waals surface area contributed by atoms with Crippen molar-refractivity contribution in [3.63, 3.8) is 0 Å². The van der Waals surface area contributed by atoms with Crippen LogP contribution < -0.4 is 5.32 Å². The molecule has 0 bridgehead atoms. The molecule has 0 spiro atoms. The second-order valence-corrected chi connectivity index (χ2v) is 10.00. The Morgan fingerprint density at radius 3 is 2.29 bits per heavy atom. The third-order valence-corrected chi connectivity index (χ3v) is 7.29. The van der Waals surface area contributed by atoms with E-state index in [0.717, 1.165) is 49.8 Å². The zero-order chi connectivity index (χ0) is 30.5. The fraction of sp³-hybridized carbons (Fsp3) is 0.353. The van der Waals surface area contributed by atoms with Crippen molar-refractivity contribution in [1.29, 1.82) is 0 Å². The predicted octanol–water partition coefficient (Wildman–Crippen LogP) is 8.35. The number of benzene rings is 2. The fourth-order valence-corrected chi connectivity index (χ4v) is 4.88. The predicted molar refractivity (Wildman–Crippen MR) is 164 cm³/mol. The molecule has 1 N–H and O–H groups in total. The molecule has 0 radical (unpaired) electrons. The number of alkyl halides is 3. The fourth-order valence-electron chi connectivity index (χ4n) is 4.88. The quantitative estimate of drug-likeness (QED) is 0.294. The number of nitrogens with zero attached hydrogens (tertiary/aromatic N) is 3. The molecule has 0 aliphatic carbocycles. The molecule has 1 saturated heterocycles. The van der Waals surface area contributed by atoms with Gasteiger partial charge in [0.15, 0.2) is 0 Å². The van der Waals surface area contributed by atoms with E-state index in [1.165, 1.54) is 11.6 Å². The average Bonchev–Trinajstić information content (AvgIpc) is 2.99. The molecule has 4 rings (SSSR count). The number of allylic oxidation sites excluding steroid dienone is 1. The molecule has 4 nitrogen and oxygen atoms in total. The van der Waals surface area contributed by atoms with Gasteiger partial charge in [0, 0.05) is 34.8 Å². The first-order valence-electron chi connectivity index (χ1n) is 13.8. The Labute approximate surface area is 243 Å². The highest BCUT2D eigenvalue weighted by atomic mass is 19.4. The second-order valence-electron chi connectivity index (χ2n) is 10.00. The Bertz CT molecular complexity index is 1270. The van der Waals surface area contributed by atoms with Gasteiger partial charge in [0.05, 0.1) is 17.5 Å². The van der Waals surface area contributed by atoms with Gasteiger partial charge in [0.25, 0.3) is 0 Å². The summed E-state index contributed by atoms with van der Waals surface area (Å²) in [6.45, 7) is 16.0. The first-order valence-corrected chi connectivity index (χ1v) is 13.8. The summed E-state index contributed by atoms with van der Waals surface area (Å²) in [7, 11) is 2.11. The number of likely N-dealkylation sites (tertiary alicyclic amines) is 1. The van der Waals surface area contributed by atoms with Crippen molar-refractivity contribution in [2.75, 3.05) is 25.5 Å². The summed E-state index contributed by atoms with van der Waals surface area (Å²) in [6, 6.07) is 14.2. The summed E-state index contributed by atoms with van der Waals surface area (Å²) in [5.41, 5.74) is 1.79. The minimum Gasteiger partial charge on any atom is -0.359 e. The summed E-state index contributed by atoms with van der Waals surface area (Å²) in [4.78, 5) is 10.0. The molecule has 2 heterocycles. The van der Waals surface area contributed by atoms with E-state index in [-0.39, 0.29) is 11.0 Å². The van der Waals surface area contributed by atoms with Gasteiger partial charge in [-0.05, 0) is 75.2 Å². The van der Waals surface area contributed by atoms with Crippen molar-refractivity contribution >= 4 is 11.8 Å². The van der Waals surface area contributed by atoms with Crippen molar-refractivity contribution in [3.05, 3.63) is 108 Å². The molecule has 3 aromatic rings. The third-order valence-electron chi connectivity index (χ3n) is 7.29. The Kier molecular flexibility index (Phi) is 12.8. The lowest BCUT2D eigenvalue weighted by Gasteiger charge is -2.44. The van der Waals surface area contributed by atoms with Crippen molar-refractivity contribution in [1.82, 2.24) is 14.9 Å². The van der Waals surface area contributed by atoms with Crippen LogP contribution in [-0.4, -0.2) is 35.0 Å². The number of hydrogen-bond acceptors (Lipinski definition) is 4. The minimum atomic E-state index is -4.51. The number of terminal acetylenes is 1. The van der Waals surface area contributed by atoms with Crippen LogP contribution in [0.1, 0.15) is 56.0 Å². The Morgan fingerprint density at radius 1 is 1.12 bits per heavy atom. The van der Waals surface area contributed by atoms with E-state index in [4.69, 9.17) is 6.42 Å². The number of anilines is 1. The largest absolute Gasteiger partial charge is 0.417 e. The monoisotopic (exact) mass is 562 g/mol. The van der Waals surface area contributed by atoms with Crippen LogP contribution in [0.15, 0.2) is 86.0 Å². The highest BCUT2D eigenvalue weighted by Crippen LogP contribution is 2.44. The number of rotatable bonds is 7. The average molecular weight is 563 g/mol. The SMILES string of the molecule is C#Cc1ccc(NC(=C)C(C)(Cc2ccccc2)C2CCN(C)CC2)cc1C(F)(F)F.C=Cc1cnccn1.CC. The number of halogens is 3. The summed E-state index contributed by atoms with van der Waals surface area (Å²) in [5.74, 6) is 2.50. The van der Waals surface area contributed by atoms with Gasteiger partial charge in [-0.1, -0.05) is 70.2 Å². The van der Waals surface area contributed by atoms with Crippen LogP contribution in [0.25, 0.3) is 6.08 Å². The molecule has 218 valence electrons. The normalized spacial score (nSPS) is 15.1. The van der Waals surface area contributed by atoms with E-state index in [0.29, 0.717) is 11.6 Å². The van der Waals surface area contributed by atoms with Gasteiger partial charge in [0.2, 0.25) is 0 Å². The summed E-state index contributed by atoms with van der Waals surface area (Å²) in [5, 5.41) is 3.20. The van der Waals surface area contributed by atoms with Gasteiger partial charge in [-0.2, -0.15) is 13.2 Å². The maximum atomic E-state index is 13.5. The van der Waals surface area contributed by atoms with Crippen LogP contribution in [0.4, 0.5) is 18.9 Å². The highest BCUT2D eigenvalue weighted by Gasteiger charge is 2.39. The van der Waals surface area contributed by atoms with Crippen LogP contribution in [0.5, 0.6) is 0 Å². The molecule has 41 heavy (non-hydrogen) atoms. The Balaban J connectivity index is 0.000000500. The molecule has 0 saturated carbocycles. The minimum absolute atomic E-state index is 0.161. The molecule has 1 fully saturated rings. The molecule has 7 heteroatoms. The van der Waals surface area contributed by atoms with Crippen molar-refractivity contribution < 1.29 is 13.2 Å². The van der Waals surface area contributed by atoms with Crippen LogP contribution in [0.3, 0.4) is 0 Å². The molecule has 1 aliphatic heterocycles. The first-order chi connectivity index (χ1) is 19.6. The summed E-state index contributed by atoms with van der Waals surface area (Å²) < 4.78 is 40.4. The van der Waals surface area contributed by atoms with E-state index in [2.05, 4.69) is 65.4 Å². The van der Waals surface area contributed by atoms with E-state index in [9.17, 15) is 13.2 Å². The number of aromatic nitrogens is 2. The lowest BCUT2D eigenvalue weighted by molar-refractivity contribution is -0.137. The Morgan fingerprint density at radius 2 is 1.78 bits per heavy atom. The van der Waals surface area contributed by atoms with E-state index in [1.807, 2.05) is 32.0 Å². The van der Waals surface area contributed by atoms with Gasteiger partial charge in [-0.15, -0.1) is 6.42 Å². The van der Waals surface area contributed by atoms with Crippen LogP contribution >= 0.6 is 0 Å². The van der Waals surface area contributed by atoms with Crippen molar-refractivity contribution in [2.24, 2.45) is 11.3 Å². The Hall–Kier alpha value is -3.89. The van der Waals surface area contributed by atoms with Crippen LogP contribution in [-0.2, 0) is 12.6 Å². The van der Waals surface area contributed by atoms with Crippen LogP contribution in [0, 0.1) is 23.7 Å². The smallest absolute Gasteiger partial charge is 0.359 e. The molecule has 0 amide bonds.